The summed E-state index contributed by atoms with van der Waals surface area (Å²) in [6, 6.07) is 0. The van der Waals surface area contributed by atoms with Crippen LogP contribution in [0.25, 0.3) is 0 Å². The van der Waals surface area contributed by atoms with Gasteiger partial charge in [-0.2, -0.15) is 0 Å². The average Bonchev–Trinajstić information content (AvgIpc) is 2.22. The van der Waals surface area contributed by atoms with Crippen LogP contribution in [0, 0.1) is 11.3 Å². The van der Waals surface area contributed by atoms with Crippen LogP contribution in [0.1, 0.15) is 46.5 Å². The molecule has 0 radical (unpaired) electrons. The Morgan fingerprint density at radius 2 is 1.93 bits per heavy atom. The van der Waals surface area contributed by atoms with E-state index in [1.807, 2.05) is 0 Å². The van der Waals surface area contributed by atoms with Crippen LogP contribution in [-0.4, -0.2) is 31.1 Å². The molecule has 2 N–H and O–H groups in total. The molecule has 0 saturated carbocycles. The molecule has 0 aromatic rings. The van der Waals surface area contributed by atoms with Crippen molar-refractivity contribution < 1.29 is 0 Å². The molecule has 0 bridgehead atoms. The van der Waals surface area contributed by atoms with Gasteiger partial charge in [0.1, 0.15) is 0 Å². The van der Waals surface area contributed by atoms with Crippen molar-refractivity contribution >= 4 is 0 Å². The van der Waals surface area contributed by atoms with Crippen LogP contribution in [0.5, 0.6) is 0 Å². The van der Waals surface area contributed by atoms with Crippen LogP contribution in [0.4, 0.5) is 0 Å². The van der Waals surface area contributed by atoms with Gasteiger partial charge in [0.2, 0.25) is 0 Å². The molecule has 1 rings (SSSR count). The van der Waals surface area contributed by atoms with Gasteiger partial charge in [0.25, 0.3) is 0 Å². The molecule has 2 heteroatoms. The van der Waals surface area contributed by atoms with Crippen molar-refractivity contribution in [1.29, 1.82) is 0 Å². The molecule has 1 aliphatic heterocycles. The molecular weight excluding hydrogens is 184 g/mol. The van der Waals surface area contributed by atoms with Gasteiger partial charge in [-0.25, -0.2) is 0 Å². The molecule has 0 aromatic carbocycles. The zero-order valence-corrected chi connectivity index (χ0v) is 10.8. The van der Waals surface area contributed by atoms with Crippen LogP contribution in [0.2, 0.25) is 0 Å². The lowest BCUT2D eigenvalue weighted by Gasteiger charge is -2.39. The van der Waals surface area contributed by atoms with Gasteiger partial charge in [-0.15, -0.1) is 0 Å². The van der Waals surface area contributed by atoms with E-state index in [-0.39, 0.29) is 0 Å². The number of rotatable bonds is 5. The van der Waals surface area contributed by atoms with Gasteiger partial charge in [-0.05, 0) is 50.2 Å². The van der Waals surface area contributed by atoms with E-state index in [0.29, 0.717) is 5.41 Å². The summed E-state index contributed by atoms with van der Waals surface area (Å²) in [6.45, 7) is 11.6. The number of hydrogen-bond acceptors (Lipinski definition) is 2. The smallest absolute Gasteiger partial charge is 0.000702 e. The summed E-state index contributed by atoms with van der Waals surface area (Å²) in [5.74, 6) is 0.859. The number of hydrogen-bond donors (Lipinski definition) is 1. The molecule has 90 valence electrons. The lowest BCUT2D eigenvalue weighted by atomic mass is 9.80. The van der Waals surface area contributed by atoms with Crippen molar-refractivity contribution in [2.24, 2.45) is 17.1 Å². The molecule has 0 amide bonds. The summed E-state index contributed by atoms with van der Waals surface area (Å²) in [6.07, 6.45) is 5.24. The van der Waals surface area contributed by atoms with Crippen molar-refractivity contribution in [2.45, 2.75) is 46.5 Å². The Hall–Kier alpha value is -0.0800. The van der Waals surface area contributed by atoms with Gasteiger partial charge in [0, 0.05) is 6.54 Å². The molecule has 1 heterocycles. The van der Waals surface area contributed by atoms with Crippen molar-refractivity contribution in [3.63, 3.8) is 0 Å². The Labute approximate surface area is 95.2 Å². The van der Waals surface area contributed by atoms with Crippen molar-refractivity contribution in [3.8, 4) is 0 Å². The predicted molar refractivity (Wildman–Crippen MR) is 66.9 cm³/mol. The Balaban J connectivity index is 2.25. The lowest BCUT2D eigenvalue weighted by molar-refractivity contribution is 0.111. The topological polar surface area (TPSA) is 29.3 Å². The first-order chi connectivity index (χ1) is 7.09. The predicted octanol–water partition coefficient (Wildman–Crippen LogP) is 2.48. The minimum atomic E-state index is 0.421. The average molecular weight is 212 g/mol. The van der Waals surface area contributed by atoms with Gasteiger partial charge in [-0.1, -0.05) is 27.2 Å². The Morgan fingerprint density at radius 3 is 2.40 bits per heavy atom. The minimum Gasteiger partial charge on any atom is -0.330 e. The third kappa shape index (κ3) is 4.12. The second kappa shape index (κ2) is 5.86. The second-order valence-electron chi connectivity index (χ2n) is 5.71. The van der Waals surface area contributed by atoms with Gasteiger partial charge in [0.15, 0.2) is 0 Å². The Bertz CT molecular complexity index is 171. The van der Waals surface area contributed by atoms with E-state index in [0.717, 1.165) is 12.5 Å². The molecule has 1 atom stereocenters. The highest BCUT2D eigenvalue weighted by Crippen LogP contribution is 2.29. The summed E-state index contributed by atoms with van der Waals surface area (Å²) < 4.78 is 0. The largest absolute Gasteiger partial charge is 0.330 e. The van der Waals surface area contributed by atoms with Crippen LogP contribution < -0.4 is 5.73 Å². The van der Waals surface area contributed by atoms with E-state index in [1.54, 1.807) is 0 Å². The molecule has 1 fully saturated rings. The van der Waals surface area contributed by atoms with Crippen LogP contribution >= 0.6 is 0 Å². The highest BCUT2D eigenvalue weighted by molar-refractivity contribution is 4.83. The third-order valence-corrected chi connectivity index (χ3v) is 3.91. The molecule has 0 aliphatic carbocycles. The van der Waals surface area contributed by atoms with Crippen molar-refractivity contribution in [3.05, 3.63) is 0 Å². The molecule has 0 spiro atoms. The van der Waals surface area contributed by atoms with Crippen molar-refractivity contribution in [2.75, 3.05) is 26.2 Å². The molecule has 1 aliphatic rings. The molecule has 1 unspecified atom stereocenters. The molecular formula is C13H28N2. The van der Waals surface area contributed by atoms with E-state index >= 15 is 0 Å². The molecule has 1 saturated heterocycles. The molecule has 2 nitrogen and oxygen atoms in total. The fraction of sp³-hybridized carbons (Fsp3) is 1.00. The zero-order valence-electron chi connectivity index (χ0n) is 10.8. The quantitative estimate of drug-likeness (QED) is 0.758. The maximum absolute atomic E-state index is 5.81. The second-order valence-corrected chi connectivity index (χ2v) is 5.71. The van der Waals surface area contributed by atoms with E-state index in [9.17, 15) is 0 Å². The number of nitrogens with two attached hydrogens (primary N) is 1. The first-order valence-electron chi connectivity index (χ1n) is 6.52. The molecule has 15 heavy (non-hydrogen) atoms. The lowest BCUT2D eigenvalue weighted by Crippen LogP contribution is -2.43. The maximum Gasteiger partial charge on any atom is 0.000702 e. The van der Waals surface area contributed by atoms with Crippen LogP contribution in [-0.2, 0) is 0 Å². The first-order valence-corrected chi connectivity index (χ1v) is 6.52. The monoisotopic (exact) mass is 212 g/mol. The summed E-state index contributed by atoms with van der Waals surface area (Å²) in [4.78, 5) is 2.62. The maximum atomic E-state index is 5.81. The van der Waals surface area contributed by atoms with E-state index in [2.05, 4.69) is 25.7 Å². The normalized spacial score (nSPS) is 24.0. The fourth-order valence-corrected chi connectivity index (χ4v) is 2.50. The summed E-state index contributed by atoms with van der Waals surface area (Å²) >= 11 is 0. The van der Waals surface area contributed by atoms with Crippen molar-refractivity contribution in [1.82, 2.24) is 4.90 Å². The number of nitrogens with zero attached hydrogens (tertiary/aromatic N) is 1. The van der Waals surface area contributed by atoms with E-state index < -0.39 is 0 Å². The molecule has 0 aromatic heterocycles. The van der Waals surface area contributed by atoms with Gasteiger partial charge >= 0.3 is 0 Å². The highest BCUT2D eigenvalue weighted by atomic mass is 15.1. The third-order valence-electron chi connectivity index (χ3n) is 3.91. The van der Waals surface area contributed by atoms with E-state index in [4.69, 9.17) is 5.73 Å². The van der Waals surface area contributed by atoms with Gasteiger partial charge in [0.05, 0.1) is 0 Å². The fourth-order valence-electron chi connectivity index (χ4n) is 2.50. The number of likely N-dealkylation sites (tertiary alicyclic amines) is 1. The summed E-state index contributed by atoms with van der Waals surface area (Å²) in [5, 5.41) is 0. The Kier molecular flexibility index (Phi) is 5.07. The minimum absolute atomic E-state index is 0.421. The van der Waals surface area contributed by atoms with Gasteiger partial charge in [-0.3, -0.25) is 0 Å². The Morgan fingerprint density at radius 1 is 1.33 bits per heavy atom. The summed E-state index contributed by atoms with van der Waals surface area (Å²) in [7, 11) is 0. The summed E-state index contributed by atoms with van der Waals surface area (Å²) in [5.41, 5.74) is 6.23. The number of piperidine rings is 1. The highest BCUT2D eigenvalue weighted by Gasteiger charge is 2.28. The first kappa shape index (κ1) is 13.0. The SMILES string of the molecule is CCCC(C)CN1CCC(C)(CN)CC1. The van der Waals surface area contributed by atoms with Crippen LogP contribution in [0.3, 0.4) is 0 Å². The van der Waals surface area contributed by atoms with Gasteiger partial charge < -0.3 is 10.6 Å². The standard InChI is InChI=1S/C13H28N2/c1-4-5-12(2)10-15-8-6-13(3,11-14)7-9-15/h12H,4-11,14H2,1-3H3. The zero-order chi connectivity index (χ0) is 11.3. The van der Waals surface area contributed by atoms with Crippen LogP contribution in [0.15, 0.2) is 0 Å². The van der Waals surface area contributed by atoms with E-state index in [1.165, 1.54) is 45.3 Å².